The number of ether oxygens (including phenoxy) is 1. The van der Waals surface area contributed by atoms with Gasteiger partial charge in [0, 0.05) is 30.4 Å². The molecule has 0 saturated carbocycles. The minimum Gasteiger partial charge on any atom is -0.481 e. The SMILES string of the molecule is COc1ccc(CNc2cc(-c3ccccc3F)nc3c(Br)cnn23)cn1. The lowest BCUT2D eigenvalue weighted by atomic mass is 10.1. The lowest BCUT2D eigenvalue weighted by Gasteiger charge is -2.11. The van der Waals surface area contributed by atoms with Crippen molar-refractivity contribution in [2.75, 3.05) is 12.4 Å². The minimum absolute atomic E-state index is 0.324. The second-order valence-corrected chi connectivity index (χ2v) is 6.65. The van der Waals surface area contributed by atoms with Crippen LogP contribution in [-0.4, -0.2) is 26.7 Å². The molecule has 0 aliphatic heterocycles. The van der Waals surface area contributed by atoms with Gasteiger partial charge < -0.3 is 10.1 Å². The number of hydrogen-bond acceptors (Lipinski definition) is 5. The van der Waals surface area contributed by atoms with Crippen molar-refractivity contribution in [3.63, 3.8) is 0 Å². The molecule has 0 amide bonds. The van der Waals surface area contributed by atoms with E-state index in [1.807, 2.05) is 6.07 Å². The van der Waals surface area contributed by atoms with E-state index >= 15 is 0 Å². The summed E-state index contributed by atoms with van der Waals surface area (Å²) in [6.07, 6.45) is 3.40. The number of pyridine rings is 1. The monoisotopic (exact) mass is 427 g/mol. The third-order valence-corrected chi connectivity index (χ3v) is 4.62. The summed E-state index contributed by atoms with van der Waals surface area (Å²) in [5.74, 6) is 0.929. The first-order chi connectivity index (χ1) is 13.2. The van der Waals surface area contributed by atoms with Crippen LogP contribution in [0.3, 0.4) is 0 Å². The van der Waals surface area contributed by atoms with Gasteiger partial charge in [0.25, 0.3) is 0 Å². The predicted molar refractivity (Wildman–Crippen MR) is 104 cm³/mol. The third-order valence-electron chi connectivity index (χ3n) is 4.06. The molecular weight excluding hydrogens is 413 g/mol. The predicted octanol–water partition coefficient (Wildman–Crippen LogP) is 4.31. The van der Waals surface area contributed by atoms with Crippen molar-refractivity contribution in [3.8, 4) is 17.1 Å². The summed E-state index contributed by atoms with van der Waals surface area (Å²) >= 11 is 3.45. The van der Waals surface area contributed by atoms with Gasteiger partial charge in [-0.1, -0.05) is 18.2 Å². The molecule has 27 heavy (non-hydrogen) atoms. The molecule has 0 unspecified atom stereocenters. The van der Waals surface area contributed by atoms with Crippen LogP contribution < -0.4 is 10.1 Å². The molecule has 0 aliphatic carbocycles. The molecule has 3 aromatic heterocycles. The van der Waals surface area contributed by atoms with Crippen LogP contribution >= 0.6 is 15.9 Å². The Hall–Kier alpha value is -3.00. The van der Waals surface area contributed by atoms with E-state index in [0.29, 0.717) is 35.1 Å². The van der Waals surface area contributed by atoms with Gasteiger partial charge in [0.2, 0.25) is 5.88 Å². The van der Waals surface area contributed by atoms with Gasteiger partial charge in [0.1, 0.15) is 11.6 Å². The van der Waals surface area contributed by atoms with Crippen molar-refractivity contribution in [1.29, 1.82) is 0 Å². The quantitative estimate of drug-likeness (QED) is 0.513. The van der Waals surface area contributed by atoms with Crippen molar-refractivity contribution >= 4 is 27.4 Å². The van der Waals surface area contributed by atoms with E-state index < -0.39 is 0 Å². The highest BCUT2D eigenvalue weighted by atomic mass is 79.9. The van der Waals surface area contributed by atoms with E-state index in [-0.39, 0.29) is 5.82 Å². The van der Waals surface area contributed by atoms with E-state index in [1.165, 1.54) is 6.07 Å². The smallest absolute Gasteiger partial charge is 0.212 e. The van der Waals surface area contributed by atoms with Gasteiger partial charge in [-0.15, -0.1) is 0 Å². The first-order valence-corrected chi connectivity index (χ1v) is 8.97. The van der Waals surface area contributed by atoms with Crippen molar-refractivity contribution in [1.82, 2.24) is 19.6 Å². The van der Waals surface area contributed by atoms with Crippen LogP contribution in [0, 0.1) is 5.82 Å². The summed E-state index contributed by atoms with van der Waals surface area (Å²) < 4.78 is 21.7. The van der Waals surface area contributed by atoms with E-state index in [9.17, 15) is 4.39 Å². The second-order valence-electron chi connectivity index (χ2n) is 5.80. The Morgan fingerprint density at radius 3 is 2.78 bits per heavy atom. The molecule has 4 aromatic rings. The number of halogens is 2. The van der Waals surface area contributed by atoms with Gasteiger partial charge in [-0.3, -0.25) is 0 Å². The first kappa shape index (κ1) is 17.4. The number of nitrogens with zero attached hydrogens (tertiary/aromatic N) is 4. The van der Waals surface area contributed by atoms with Crippen LogP contribution in [0.15, 0.2) is 59.3 Å². The standard InChI is InChI=1S/C19H15BrFN5O/c1-27-18-7-6-12(10-23-18)9-22-17-8-16(13-4-2-3-5-15(13)21)25-19-14(20)11-24-26(17)19/h2-8,10-11,22H,9H2,1H3. The van der Waals surface area contributed by atoms with Crippen LogP contribution in [0.4, 0.5) is 10.2 Å². The van der Waals surface area contributed by atoms with Crippen LogP contribution in [0.1, 0.15) is 5.56 Å². The second kappa shape index (κ2) is 7.32. The molecule has 8 heteroatoms. The lowest BCUT2D eigenvalue weighted by Crippen LogP contribution is -2.07. The van der Waals surface area contributed by atoms with Gasteiger partial charge >= 0.3 is 0 Å². The molecule has 0 spiro atoms. The molecule has 0 radical (unpaired) electrons. The fourth-order valence-electron chi connectivity index (χ4n) is 2.70. The van der Waals surface area contributed by atoms with Gasteiger partial charge in [0.15, 0.2) is 5.65 Å². The summed E-state index contributed by atoms with van der Waals surface area (Å²) in [4.78, 5) is 8.75. The molecule has 4 rings (SSSR count). The van der Waals surface area contributed by atoms with Crippen LogP contribution in [0.25, 0.3) is 16.9 Å². The van der Waals surface area contributed by atoms with E-state index in [2.05, 4.69) is 36.3 Å². The Balaban J connectivity index is 1.71. The Morgan fingerprint density at radius 2 is 2.04 bits per heavy atom. The van der Waals surface area contributed by atoms with Crippen LogP contribution in [-0.2, 0) is 6.54 Å². The molecule has 0 aliphatic rings. The maximum Gasteiger partial charge on any atom is 0.212 e. The van der Waals surface area contributed by atoms with Gasteiger partial charge in [-0.2, -0.15) is 9.61 Å². The molecule has 3 heterocycles. The molecule has 1 aromatic carbocycles. The maximum atomic E-state index is 14.2. The lowest BCUT2D eigenvalue weighted by molar-refractivity contribution is 0.397. The molecule has 0 atom stereocenters. The zero-order valence-electron chi connectivity index (χ0n) is 14.4. The summed E-state index contributed by atoms with van der Waals surface area (Å²) in [5.41, 5.74) is 2.53. The van der Waals surface area contributed by atoms with E-state index in [0.717, 1.165) is 10.0 Å². The normalized spacial score (nSPS) is 10.9. The number of rotatable bonds is 5. The molecule has 0 bridgehead atoms. The van der Waals surface area contributed by atoms with Crippen molar-refractivity contribution < 1.29 is 9.13 Å². The van der Waals surface area contributed by atoms with Gasteiger partial charge in [-0.25, -0.2) is 14.4 Å². The Morgan fingerprint density at radius 1 is 1.19 bits per heavy atom. The highest BCUT2D eigenvalue weighted by Gasteiger charge is 2.13. The van der Waals surface area contributed by atoms with Gasteiger partial charge in [-0.05, 0) is 33.6 Å². The maximum absolute atomic E-state index is 14.2. The van der Waals surface area contributed by atoms with Gasteiger partial charge in [0.05, 0.1) is 23.5 Å². The highest BCUT2D eigenvalue weighted by molar-refractivity contribution is 9.10. The highest BCUT2D eigenvalue weighted by Crippen LogP contribution is 2.27. The molecule has 0 saturated heterocycles. The number of anilines is 1. The largest absolute Gasteiger partial charge is 0.481 e. The first-order valence-electron chi connectivity index (χ1n) is 8.17. The summed E-state index contributed by atoms with van der Waals surface area (Å²) in [6, 6.07) is 12.1. The minimum atomic E-state index is -0.324. The molecule has 1 N–H and O–H groups in total. The Kier molecular flexibility index (Phi) is 4.72. The van der Waals surface area contributed by atoms with Crippen molar-refractivity contribution in [2.45, 2.75) is 6.54 Å². The number of methoxy groups -OCH3 is 1. The average Bonchev–Trinajstić information content (AvgIpc) is 3.08. The summed E-state index contributed by atoms with van der Waals surface area (Å²) in [6.45, 7) is 0.518. The molecule has 0 fully saturated rings. The van der Waals surface area contributed by atoms with Crippen LogP contribution in [0.5, 0.6) is 5.88 Å². The Labute approximate surface area is 163 Å². The van der Waals surface area contributed by atoms with Crippen molar-refractivity contribution in [2.24, 2.45) is 0 Å². The number of benzene rings is 1. The zero-order valence-corrected chi connectivity index (χ0v) is 15.9. The van der Waals surface area contributed by atoms with Crippen molar-refractivity contribution in [3.05, 3.63) is 70.7 Å². The number of hydrogen-bond donors (Lipinski definition) is 1. The molecule has 136 valence electrons. The van der Waals surface area contributed by atoms with Crippen LogP contribution in [0.2, 0.25) is 0 Å². The zero-order chi connectivity index (χ0) is 18.8. The average molecular weight is 428 g/mol. The molecule has 6 nitrogen and oxygen atoms in total. The molecular formula is C19H15BrFN5O. The summed E-state index contributed by atoms with van der Waals surface area (Å²) in [5, 5.41) is 7.65. The number of aromatic nitrogens is 4. The number of nitrogens with one attached hydrogen (secondary N) is 1. The topological polar surface area (TPSA) is 64.3 Å². The fraction of sp³-hybridized carbons (Fsp3) is 0.105. The number of fused-ring (bicyclic) bond motifs is 1. The summed E-state index contributed by atoms with van der Waals surface area (Å²) in [7, 11) is 1.58. The Bertz CT molecular complexity index is 1100. The van der Waals surface area contributed by atoms with E-state index in [1.54, 1.807) is 54.4 Å². The third kappa shape index (κ3) is 3.48. The fourth-order valence-corrected chi connectivity index (χ4v) is 3.05. The van der Waals surface area contributed by atoms with E-state index in [4.69, 9.17) is 4.74 Å².